The second-order valence-corrected chi connectivity index (χ2v) is 5.88. The molecule has 0 spiro atoms. The molecule has 0 radical (unpaired) electrons. The summed E-state index contributed by atoms with van der Waals surface area (Å²) >= 11 is 0. The fraction of sp³-hybridized carbons (Fsp3) is 0.238. The molecule has 2 aromatic carbocycles. The van der Waals surface area contributed by atoms with E-state index >= 15 is 0 Å². The summed E-state index contributed by atoms with van der Waals surface area (Å²) in [6.07, 6.45) is 2.54. The van der Waals surface area contributed by atoms with E-state index in [9.17, 15) is 4.79 Å². The van der Waals surface area contributed by atoms with Gasteiger partial charge in [-0.2, -0.15) is 5.10 Å². The second kappa shape index (κ2) is 9.42. The number of nitrogens with zero attached hydrogens (tertiary/aromatic N) is 1. The lowest BCUT2D eigenvalue weighted by Crippen LogP contribution is -2.33. The van der Waals surface area contributed by atoms with Crippen LogP contribution in [0.5, 0.6) is 11.5 Å². The van der Waals surface area contributed by atoms with E-state index in [4.69, 9.17) is 9.47 Å². The molecule has 5 nitrogen and oxygen atoms in total. The van der Waals surface area contributed by atoms with E-state index < -0.39 is 6.10 Å². The van der Waals surface area contributed by atoms with Gasteiger partial charge in [0.05, 0.1) is 6.21 Å². The number of amides is 1. The molecule has 0 aliphatic rings. The number of hydrazone groups is 1. The van der Waals surface area contributed by atoms with Crippen molar-refractivity contribution in [3.63, 3.8) is 0 Å². The summed E-state index contributed by atoms with van der Waals surface area (Å²) in [5.74, 6) is 0.997. The first-order valence-electron chi connectivity index (χ1n) is 8.41. The van der Waals surface area contributed by atoms with Gasteiger partial charge in [0, 0.05) is 5.56 Å². The number of nitrogens with one attached hydrogen (secondary N) is 1. The molecule has 0 bridgehead atoms. The first kappa shape index (κ1) is 19.2. The first-order valence-corrected chi connectivity index (χ1v) is 8.41. The van der Waals surface area contributed by atoms with Gasteiger partial charge < -0.3 is 9.47 Å². The molecule has 0 saturated heterocycles. The highest BCUT2D eigenvalue weighted by Gasteiger charge is 2.14. The molecule has 2 rings (SSSR count). The molecule has 1 atom stereocenters. The Morgan fingerprint density at radius 3 is 2.73 bits per heavy atom. The average Bonchev–Trinajstić information content (AvgIpc) is 2.63. The van der Waals surface area contributed by atoms with Crippen molar-refractivity contribution in [2.75, 3.05) is 6.61 Å². The number of carbonyl (C=O) groups excluding carboxylic acids is 1. The van der Waals surface area contributed by atoms with Gasteiger partial charge in [-0.25, -0.2) is 5.43 Å². The number of hydrogen-bond acceptors (Lipinski definition) is 4. The van der Waals surface area contributed by atoms with E-state index in [1.165, 1.54) is 5.56 Å². The zero-order valence-electron chi connectivity index (χ0n) is 15.4. The molecule has 1 N–H and O–H groups in total. The highest BCUT2D eigenvalue weighted by Crippen LogP contribution is 2.18. The van der Waals surface area contributed by atoms with Gasteiger partial charge in [0.1, 0.15) is 18.1 Å². The monoisotopic (exact) mass is 352 g/mol. The zero-order valence-corrected chi connectivity index (χ0v) is 15.4. The Morgan fingerprint density at radius 1 is 1.23 bits per heavy atom. The summed E-state index contributed by atoms with van der Waals surface area (Å²) in [6, 6.07) is 13.1. The largest absolute Gasteiger partial charge is 0.489 e. The van der Waals surface area contributed by atoms with Crippen LogP contribution in [0.15, 0.2) is 60.2 Å². The predicted molar refractivity (Wildman–Crippen MR) is 104 cm³/mol. The van der Waals surface area contributed by atoms with Crippen molar-refractivity contribution in [2.45, 2.75) is 26.9 Å². The third kappa shape index (κ3) is 5.48. The zero-order chi connectivity index (χ0) is 18.9. The molecular weight excluding hydrogens is 328 g/mol. The molecule has 5 heteroatoms. The number of carbonyl (C=O) groups is 1. The fourth-order valence-electron chi connectivity index (χ4n) is 2.17. The summed E-state index contributed by atoms with van der Waals surface area (Å²) in [5, 5.41) is 3.99. The van der Waals surface area contributed by atoms with E-state index in [-0.39, 0.29) is 5.91 Å². The lowest BCUT2D eigenvalue weighted by atomic mass is 10.1. The van der Waals surface area contributed by atoms with Gasteiger partial charge in [-0.05, 0) is 56.2 Å². The van der Waals surface area contributed by atoms with Crippen molar-refractivity contribution in [1.82, 2.24) is 5.43 Å². The number of aryl methyl sites for hydroxylation is 2. The molecular formula is C21H24N2O3. The van der Waals surface area contributed by atoms with Gasteiger partial charge in [0.25, 0.3) is 5.91 Å². The van der Waals surface area contributed by atoms with Crippen LogP contribution in [0.25, 0.3) is 0 Å². The Balaban J connectivity index is 1.94. The third-order valence-electron chi connectivity index (χ3n) is 3.81. The predicted octanol–water partition coefficient (Wildman–Crippen LogP) is 3.79. The van der Waals surface area contributed by atoms with Crippen molar-refractivity contribution < 1.29 is 14.3 Å². The molecule has 26 heavy (non-hydrogen) atoms. The molecule has 0 aliphatic carbocycles. The molecule has 1 amide bonds. The van der Waals surface area contributed by atoms with Crippen LogP contribution in [0.4, 0.5) is 0 Å². The van der Waals surface area contributed by atoms with E-state index in [1.807, 2.05) is 56.3 Å². The van der Waals surface area contributed by atoms with Crippen molar-refractivity contribution in [3.8, 4) is 11.5 Å². The highest BCUT2D eigenvalue weighted by atomic mass is 16.5. The Kier molecular flexibility index (Phi) is 6.97. The number of ether oxygens (including phenoxy) is 2. The van der Waals surface area contributed by atoms with Crippen LogP contribution in [0.3, 0.4) is 0 Å². The average molecular weight is 352 g/mol. The minimum atomic E-state index is -0.665. The minimum Gasteiger partial charge on any atom is -0.489 e. The van der Waals surface area contributed by atoms with E-state index in [1.54, 1.807) is 19.2 Å². The number of para-hydroxylation sites is 1. The number of hydrogen-bond donors (Lipinski definition) is 1. The van der Waals surface area contributed by atoms with Crippen molar-refractivity contribution in [3.05, 3.63) is 71.8 Å². The van der Waals surface area contributed by atoms with Crippen LogP contribution >= 0.6 is 0 Å². The quantitative estimate of drug-likeness (QED) is 0.447. The highest BCUT2D eigenvalue weighted by molar-refractivity contribution is 5.86. The van der Waals surface area contributed by atoms with E-state index in [0.29, 0.717) is 18.1 Å². The fourth-order valence-corrected chi connectivity index (χ4v) is 2.17. The standard InChI is InChI=1S/C21H24N2O3/c1-5-12-25-20-9-7-6-8-18(20)14-22-23-21(24)17(4)26-19-11-10-15(2)16(3)13-19/h5-11,13-14,17H,1,12H2,2-4H3,(H,23,24)/b22-14+. The normalized spacial score (nSPS) is 11.8. The van der Waals surface area contributed by atoms with Crippen LogP contribution in [0.2, 0.25) is 0 Å². The minimum absolute atomic E-state index is 0.330. The van der Waals surface area contributed by atoms with Gasteiger partial charge in [-0.1, -0.05) is 30.9 Å². The van der Waals surface area contributed by atoms with Crippen LogP contribution in [-0.4, -0.2) is 24.8 Å². The van der Waals surface area contributed by atoms with Crippen LogP contribution in [0, 0.1) is 13.8 Å². The molecule has 0 fully saturated rings. The Morgan fingerprint density at radius 2 is 2.00 bits per heavy atom. The first-order chi connectivity index (χ1) is 12.5. The van der Waals surface area contributed by atoms with E-state index in [2.05, 4.69) is 17.1 Å². The number of rotatable bonds is 8. The summed E-state index contributed by atoms with van der Waals surface area (Å²) in [6.45, 7) is 9.74. The van der Waals surface area contributed by atoms with Gasteiger partial charge in [0.15, 0.2) is 6.10 Å². The van der Waals surface area contributed by atoms with Gasteiger partial charge in [-0.3, -0.25) is 4.79 Å². The summed E-state index contributed by atoms with van der Waals surface area (Å²) in [5.41, 5.74) is 5.54. The topological polar surface area (TPSA) is 59.9 Å². The lowest BCUT2D eigenvalue weighted by molar-refractivity contribution is -0.127. The molecule has 136 valence electrons. The maximum atomic E-state index is 12.2. The van der Waals surface area contributed by atoms with Gasteiger partial charge >= 0.3 is 0 Å². The van der Waals surface area contributed by atoms with Crippen molar-refractivity contribution >= 4 is 12.1 Å². The SMILES string of the molecule is C=CCOc1ccccc1/C=N/NC(=O)C(C)Oc1ccc(C)c(C)c1. The summed E-state index contributed by atoms with van der Waals surface area (Å²) in [7, 11) is 0. The molecule has 0 saturated carbocycles. The Labute approximate surface area is 154 Å². The van der Waals surface area contributed by atoms with Gasteiger partial charge in [0.2, 0.25) is 0 Å². The second-order valence-electron chi connectivity index (χ2n) is 5.88. The lowest BCUT2D eigenvalue weighted by Gasteiger charge is -2.14. The molecule has 0 heterocycles. The van der Waals surface area contributed by atoms with Crippen LogP contribution in [0.1, 0.15) is 23.6 Å². The Hall–Kier alpha value is -3.08. The van der Waals surface area contributed by atoms with Crippen LogP contribution in [-0.2, 0) is 4.79 Å². The smallest absolute Gasteiger partial charge is 0.280 e. The van der Waals surface area contributed by atoms with Crippen molar-refractivity contribution in [1.29, 1.82) is 0 Å². The molecule has 2 aromatic rings. The molecule has 0 aliphatic heterocycles. The van der Waals surface area contributed by atoms with Crippen molar-refractivity contribution in [2.24, 2.45) is 5.10 Å². The van der Waals surface area contributed by atoms with Gasteiger partial charge in [-0.15, -0.1) is 0 Å². The summed E-state index contributed by atoms with van der Waals surface area (Å²) < 4.78 is 11.2. The maximum absolute atomic E-state index is 12.2. The summed E-state index contributed by atoms with van der Waals surface area (Å²) in [4.78, 5) is 12.2. The van der Waals surface area contributed by atoms with Crippen LogP contribution < -0.4 is 14.9 Å². The Bertz CT molecular complexity index is 800. The molecule has 0 aromatic heterocycles. The third-order valence-corrected chi connectivity index (χ3v) is 3.81. The van der Waals surface area contributed by atoms with E-state index in [0.717, 1.165) is 11.1 Å². The number of benzene rings is 2. The molecule has 1 unspecified atom stereocenters. The maximum Gasteiger partial charge on any atom is 0.280 e.